The van der Waals surface area contributed by atoms with E-state index in [1.54, 1.807) is 32.5 Å². The van der Waals surface area contributed by atoms with Crippen molar-refractivity contribution in [2.75, 3.05) is 11.5 Å². The first kappa shape index (κ1) is 18.6. The molecule has 0 radical (unpaired) electrons. The first-order valence-electron chi connectivity index (χ1n) is 6.43. The highest BCUT2D eigenvalue weighted by Crippen LogP contribution is 2.10. The van der Waals surface area contributed by atoms with Crippen molar-refractivity contribution in [2.24, 2.45) is 0 Å². The molecule has 0 aliphatic heterocycles. The van der Waals surface area contributed by atoms with Crippen LogP contribution in [0.15, 0.2) is 0 Å². The molecular weight excluding hydrogens is 280 g/mol. The number of nitrogens with one attached hydrogen (secondary N) is 1. The number of carbonyl (C=O) groups excluding carboxylic acids is 1. The molecule has 6 nitrogen and oxygen atoms in total. The van der Waals surface area contributed by atoms with E-state index in [4.69, 9.17) is 15.1 Å². The predicted molar refractivity (Wildman–Crippen MR) is 77.6 cm³/mol. The number of thioether (sulfide) groups is 1. The molecule has 0 aromatic carbocycles. The summed E-state index contributed by atoms with van der Waals surface area (Å²) in [6, 6.07) is 1.10. The first-order chi connectivity index (χ1) is 9.26. The van der Waals surface area contributed by atoms with E-state index in [1.807, 2.05) is 0 Å². The molecule has 0 heterocycles. The second-order valence-corrected chi connectivity index (χ2v) is 6.42. The zero-order chi connectivity index (χ0) is 15.6. The van der Waals surface area contributed by atoms with Gasteiger partial charge in [-0.1, -0.05) is 0 Å². The Kier molecular flexibility index (Phi) is 8.81. The molecule has 0 saturated carbocycles. The topological polar surface area (TPSA) is 99.4 Å². The Bertz CT molecular complexity index is 360. The van der Waals surface area contributed by atoms with Crippen LogP contribution in [-0.4, -0.2) is 40.3 Å². The summed E-state index contributed by atoms with van der Waals surface area (Å²) in [4.78, 5) is 22.6. The van der Waals surface area contributed by atoms with E-state index in [9.17, 15) is 9.59 Å². The van der Waals surface area contributed by atoms with Gasteiger partial charge in [-0.3, -0.25) is 0 Å². The molecule has 0 aromatic heterocycles. The van der Waals surface area contributed by atoms with E-state index in [0.717, 1.165) is 12.2 Å². The van der Waals surface area contributed by atoms with E-state index in [-0.39, 0.29) is 0 Å². The fourth-order valence-electron chi connectivity index (χ4n) is 1.26. The van der Waals surface area contributed by atoms with Crippen molar-refractivity contribution in [1.29, 1.82) is 5.26 Å². The quantitative estimate of drug-likeness (QED) is 0.668. The molecule has 0 bridgehead atoms. The highest BCUT2D eigenvalue weighted by atomic mass is 32.2. The number of hydrogen-bond donors (Lipinski definition) is 2. The Hall–Kier alpha value is -1.42. The number of carboxylic acids is 1. The molecule has 2 N–H and O–H groups in total. The summed E-state index contributed by atoms with van der Waals surface area (Å²) in [7, 11) is 0. The van der Waals surface area contributed by atoms with E-state index < -0.39 is 23.7 Å². The number of unbranched alkanes of at least 4 members (excludes halogenated alkanes) is 1. The minimum Gasteiger partial charge on any atom is -0.480 e. The van der Waals surface area contributed by atoms with Gasteiger partial charge in [0, 0.05) is 6.42 Å². The SMILES string of the molecule is CC(C)(C)OC(=O)NC(CCSCCCC#N)C(=O)O. The van der Waals surface area contributed by atoms with Crippen LogP contribution in [0.1, 0.15) is 40.0 Å². The maximum absolute atomic E-state index is 11.5. The third-order valence-electron chi connectivity index (χ3n) is 2.12. The van der Waals surface area contributed by atoms with Crippen LogP contribution >= 0.6 is 11.8 Å². The number of aliphatic carboxylic acids is 1. The van der Waals surface area contributed by atoms with Crippen LogP contribution in [0.5, 0.6) is 0 Å². The highest BCUT2D eigenvalue weighted by molar-refractivity contribution is 7.99. The van der Waals surface area contributed by atoms with Crippen LogP contribution in [0.3, 0.4) is 0 Å². The number of carbonyl (C=O) groups is 2. The van der Waals surface area contributed by atoms with Crippen molar-refractivity contribution in [3.8, 4) is 6.07 Å². The average molecular weight is 302 g/mol. The number of alkyl carbamates (subject to hydrolysis) is 1. The van der Waals surface area contributed by atoms with E-state index in [2.05, 4.69) is 11.4 Å². The van der Waals surface area contributed by atoms with Gasteiger partial charge < -0.3 is 15.2 Å². The summed E-state index contributed by atoms with van der Waals surface area (Å²) in [5.74, 6) is 0.346. The van der Waals surface area contributed by atoms with Gasteiger partial charge >= 0.3 is 12.1 Å². The van der Waals surface area contributed by atoms with Gasteiger partial charge in [0.05, 0.1) is 6.07 Å². The highest BCUT2D eigenvalue weighted by Gasteiger charge is 2.23. The standard InChI is InChI=1S/C13H22N2O4S/c1-13(2,3)19-12(18)15-10(11(16)17)6-9-20-8-5-4-7-14/h10H,4-6,8-9H2,1-3H3,(H,15,18)(H,16,17). The third kappa shape index (κ3) is 10.5. The zero-order valence-electron chi connectivity index (χ0n) is 12.1. The summed E-state index contributed by atoms with van der Waals surface area (Å²) in [6.45, 7) is 5.15. The minimum absolute atomic E-state index is 0.325. The van der Waals surface area contributed by atoms with Crippen LogP contribution in [-0.2, 0) is 9.53 Å². The maximum Gasteiger partial charge on any atom is 0.408 e. The van der Waals surface area contributed by atoms with Crippen LogP contribution < -0.4 is 5.32 Å². The molecule has 1 atom stereocenters. The predicted octanol–water partition coefficient (Wildman–Crippen LogP) is 2.39. The second-order valence-electron chi connectivity index (χ2n) is 5.20. The van der Waals surface area contributed by atoms with Crippen molar-refractivity contribution >= 4 is 23.8 Å². The van der Waals surface area contributed by atoms with E-state index >= 15 is 0 Å². The lowest BCUT2D eigenvalue weighted by Crippen LogP contribution is -2.43. The Morgan fingerprint density at radius 2 is 2.05 bits per heavy atom. The number of ether oxygens (including phenoxy) is 1. The van der Waals surface area contributed by atoms with Gasteiger partial charge in [-0.05, 0) is 45.1 Å². The van der Waals surface area contributed by atoms with Crippen molar-refractivity contribution in [1.82, 2.24) is 5.32 Å². The minimum atomic E-state index is -1.08. The molecule has 0 spiro atoms. The van der Waals surface area contributed by atoms with Gasteiger partial charge in [0.1, 0.15) is 11.6 Å². The Morgan fingerprint density at radius 3 is 2.55 bits per heavy atom. The lowest BCUT2D eigenvalue weighted by Gasteiger charge is -2.21. The molecule has 7 heteroatoms. The smallest absolute Gasteiger partial charge is 0.408 e. The van der Waals surface area contributed by atoms with Gasteiger partial charge in [-0.15, -0.1) is 0 Å². The summed E-state index contributed by atoms with van der Waals surface area (Å²) < 4.78 is 5.02. The fraction of sp³-hybridized carbons (Fsp3) is 0.769. The summed E-state index contributed by atoms with van der Waals surface area (Å²) >= 11 is 1.57. The van der Waals surface area contributed by atoms with Crippen LogP contribution in [0.25, 0.3) is 0 Å². The first-order valence-corrected chi connectivity index (χ1v) is 7.58. The van der Waals surface area contributed by atoms with Gasteiger partial charge in [-0.25, -0.2) is 9.59 Å². The number of nitrogens with zero attached hydrogens (tertiary/aromatic N) is 1. The van der Waals surface area contributed by atoms with Crippen molar-refractivity contribution in [3.63, 3.8) is 0 Å². The van der Waals surface area contributed by atoms with Gasteiger partial charge in [0.25, 0.3) is 0 Å². The van der Waals surface area contributed by atoms with E-state index in [0.29, 0.717) is 18.6 Å². The molecule has 0 saturated heterocycles. The Balaban J connectivity index is 4.03. The fourth-order valence-corrected chi connectivity index (χ4v) is 2.22. The lowest BCUT2D eigenvalue weighted by molar-refractivity contribution is -0.139. The molecular formula is C13H22N2O4S. The summed E-state index contributed by atoms with van der Waals surface area (Å²) in [5.41, 5.74) is -0.654. The molecule has 20 heavy (non-hydrogen) atoms. The lowest BCUT2D eigenvalue weighted by atomic mass is 10.2. The third-order valence-corrected chi connectivity index (χ3v) is 3.22. The average Bonchev–Trinajstić information content (AvgIpc) is 2.29. The molecule has 1 amide bonds. The summed E-state index contributed by atoms with van der Waals surface area (Å²) in [5, 5.41) is 19.8. The Labute approximate surface area is 123 Å². The van der Waals surface area contributed by atoms with Crippen LogP contribution in [0.4, 0.5) is 4.79 Å². The molecule has 1 unspecified atom stereocenters. The van der Waals surface area contributed by atoms with Gasteiger partial charge in [0.2, 0.25) is 0 Å². The van der Waals surface area contributed by atoms with Gasteiger partial charge in [-0.2, -0.15) is 17.0 Å². The van der Waals surface area contributed by atoms with Crippen molar-refractivity contribution in [3.05, 3.63) is 0 Å². The number of carboxylic acid groups (broad SMARTS) is 1. The van der Waals surface area contributed by atoms with Gasteiger partial charge in [0.15, 0.2) is 0 Å². The van der Waals surface area contributed by atoms with Crippen molar-refractivity contribution < 1.29 is 19.4 Å². The second kappa shape index (κ2) is 9.48. The summed E-state index contributed by atoms with van der Waals surface area (Å²) in [6.07, 6.45) is 0.898. The van der Waals surface area contributed by atoms with Crippen molar-refractivity contribution in [2.45, 2.75) is 51.7 Å². The molecule has 0 aliphatic rings. The molecule has 114 valence electrons. The number of nitriles is 1. The Morgan fingerprint density at radius 1 is 1.40 bits per heavy atom. The van der Waals surface area contributed by atoms with Crippen LogP contribution in [0, 0.1) is 11.3 Å². The largest absolute Gasteiger partial charge is 0.480 e. The normalized spacial score (nSPS) is 12.3. The van der Waals surface area contributed by atoms with Crippen LogP contribution in [0.2, 0.25) is 0 Å². The van der Waals surface area contributed by atoms with E-state index in [1.165, 1.54) is 0 Å². The number of amides is 1. The molecule has 0 aromatic rings. The maximum atomic E-state index is 11.5. The molecule has 0 aliphatic carbocycles. The molecule has 0 rings (SSSR count). The zero-order valence-corrected chi connectivity index (χ0v) is 13.0. The number of hydrogen-bond acceptors (Lipinski definition) is 5. The monoisotopic (exact) mass is 302 g/mol. The number of rotatable bonds is 8. The molecule has 0 fully saturated rings.